The highest BCUT2D eigenvalue weighted by molar-refractivity contribution is 5.92. The summed E-state index contributed by atoms with van der Waals surface area (Å²) < 4.78 is 0. The largest absolute Gasteiger partial charge is 0.477 e. The van der Waals surface area contributed by atoms with Crippen molar-refractivity contribution in [2.75, 3.05) is 32.5 Å². The average molecular weight is 323 g/mol. The average Bonchev–Trinajstić information content (AvgIpc) is 2.53. The molecule has 0 saturated carbocycles. The van der Waals surface area contributed by atoms with Gasteiger partial charge in [0.2, 0.25) is 0 Å². The molecule has 5 heteroatoms. The fraction of sp³-hybridized carbons (Fsp3) is 0.263. The summed E-state index contributed by atoms with van der Waals surface area (Å²) in [5, 5.41) is 14.7. The van der Waals surface area contributed by atoms with Gasteiger partial charge in [-0.1, -0.05) is 36.9 Å². The molecule has 2 rings (SSSR count). The zero-order valence-corrected chi connectivity index (χ0v) is 14.2. The number of fused-ring (bicyclic) bond motifs is 1. The lowest BCUT2D eigenvalue weighted by Gasteiger charge is -2.12. The van der Waals surface area contributed by atoms with Crippen LogP contribution in [0.1, 0.15) is 17.3 Å². The summed E-state index contributed by atoms with van der Waals surface area (Å²) in [6, 6.07) is 7.02. The molecule has 0 radical (unpaired) electrons. The molecule has 2 aromatic rings. The molecule has 0 bridgehead atoms. The lowest BCUT2D eigenvalue weighted by Crippen LogP contribution is -2.31. The molecule has 0 aliphatic heterocycles. The van der Waals surface area contributed by atoms with E-state index < -0.39 is 5.97 Å². The number of allylic oxidation sites excluding steroid dienone is 2. The van der Waals surface area contributed by atoms with Crippen LogP contribution in [0.4, 0.5) is 5.82 Å². The van der Waals surface area contributed by atoms with E-state index in [9.17, 15) is 4.79 Å². The van der Waals surface area contributed by atoms with E-state index in [1.807, 2.05) is 39.2 Å². The van der Waals surface area contributed by atoms with Gasteiger partial charge in [-0.05, 0) is 32.3 Å². The Morgan fingerprint density at radius 1 is 1.46 bits per heavy atom. The lowest BCUT2D eigenvalue weighted by atomic mass is 10.1. The van der Waals surface area contributed by atoms with Crippen molar-refractivity contribution in [1.82, 2.24) is 9.88 Å². The number of carboxylic acids is 1. The van der Waals surface area contributed by atoms with Crippen molar-refractivity contribution in [2.45, 2.75) is 6.92 Å². The van der Waals surface area contributed by atoms with Crippen molar-refractivity contribution in [3.8, 4) is 0 Å². The van der Waals surface area contributed by atoms with Crippen LogP contribution in [0.15, 0.2) is 18.2 Å². The van der Waals surface area contributed by atoms with E-state index in [0.717, 1.165) is 23.5 Å². The molecular weight excluding hydrogens is 302 g/mol. The van der Waals surface area contributed by atoms with Crippen LogP contribution < -0.4 is 15.8 Å². The lowest BCUT2D eigenvalue weighted by molar-refractivity contribution is 0.0697. The number of pyridine rings is 1. The summed E-state index contributed by atoms with van der Waals surface area (Å²) >= 11 is 0. The van der Waals surface area contributed by atoms with E-state index in [2.05, 4.69) is 33.9 Å². The Balaban J connectivity index is 2.62. The number of rotatable bonds is 6. The van der Waals surface area contributed by atoms with Gasteiger partial charge < -0.3 is 15.3 Å². The molecule has 0 amide bonds. The molecule has 0 atom stereocenters. The summed E-state index contributed by atoms with van der Waals surface area (Å²) in [7, 11) is 4.00. The van der Waals surface area contributed by atoms with Gasteiger partial charge in [-0.25, -0.2) is 9.78 Å². The van der Waals surface area contributed by atoms with E-state index >= 15 is 0 Å². The third-order valence-corrected chi connectivity index (χ3v) is 3.51. The van der Waals surface area contributed by atoms with Crippen molar-refractivity contribution >= 4 is 35.3 Å². The monoisotopic (exact) mass is 323 g/mol. The van der Waals surface area contributed by atoms with Gasteiger partial charge >= 0.3 is 5.97 Å². The first-order valence-electron chi connectivity index (χ1n) is 7.65. The molecule has 1 aromatic heterocycles. The predicted octanol–water partition coefficient (Wildman–Crippen LogP) is 1.27. The van der Waals surface area contributed by atoms with Crippen LogP contribution in [0, 0.1) is 12.1 Å². The van der Waals surface area contributed by atoms with Gasteiger partial charge in [0.1, 0.15) is 11.4 Å². The summed E-state index contributed by atoms with van der Waals surface area (Å²) in [6.07, 6.45) is 5.78. The molecule has 0 aliphatic rings. The summed E-state index contributed by atoms with van der Waals surface area (Å²) in [6.45, 7) is 7.63. The molecule has 1 heterocycles. The number of carbonyl (C=O) groups is 1. The number of aromatic carboxylic acids is 1. The fourth-order valence-electron chi connectivity index (χ4n) is 2.24. The molecule has 124 valence electrons. The second kappa shape index (κ2) is 7.62. The Hall–Kier alpha value is -2.84. The molecule has 0 unspecified atom stereocenters. The first-order valence-corrected chi connectivity index (χ1v) is 7.65. The molecule has 5 nitrogen and oxygen atoms in total. The number of likely N-dealkylation sites (N-methyl/N-ethyl adjacent to an activating group) is 1. The number of hydrogen-bond donors (Lipinski definition) is 2. The second-order valence-corrected chi connectivity index (χ2v) is 5.65. The maximum Gasteiger partial charge on any atom is 0.344 e. The Kier molecular flexibility index (Phi) is 5.56. The van der Waals surface area contributed by atoms with Crippen molar-refractivity contribution in [3.05, 3.63) is 46.4 Å². The van der Waals surface area contributed by atoms with Crippen LogP contribution in [0.25, 0.3) is 23.6 Å². The van der Waals surface area contributed by atoms with Gasteiger partial charge in [0, 0.05) is 18.3 Å². The van der Waals surface area contributed by atoms with Gasteiger partial charge in [-0.15, -0.1) is 0 Å². The molecule has 0 fully saturated rings. The summed E-state index contributed by atoms with van der Waals surface area (Å²) in [4.78, 5) is 17.8. The van der Waals surface area contributed by atoms with Crippen LogP contribution in [-0.4, -0.2) is 48.1 Å². The highest BCUT2D eigenvalue weighted by Gasteiger charge is 2.08. The van der Waals surface area contributed by atoms with Gasteiger partial charge in [0.25, 0.3) is 0 Å². The zero-order chi connectivity index (χ0) is 17.7. The molecule has 0 saturated heterocycles. The third kappa shape index (κ3) is 3.92. The maximum atomic E-state index is 11.1. The number of nitrogens with one attached hydrogen (secondary N) is 1. The number of anilines is 1. The Morgan fingerprint density at radius 2 is 2.21 bits per heavy atom. The molecule has 1 aromatic carbocycles. The van der Waals surface area contributed by atoms with Crippen molar-refractivity contribution in [2.24, 2.45) is 0 Å². The first kappa shape index (κ1) is 17.5. The molecule has 0 aliphatic carbocycles. The van der Waals surface area contributed by atoms with Crippen molar-refractivity contribution < 1.29 is 9.90 Å². The number of aromatic nitrogens is 1. The second-order valence-electron chi connectivity index (χ2n) is 5.65. The molecular formula is C19H21N3O2. The van der Waals surface area contributed by atoms with Gasteiger partial charge in [-0.2, -0.15) is 0 Å². The Labute approximate surface area is 141 Å². The fourth-order valence-corrected chi connectivity index (χ4v) is 2.24. The van der Waals surface area contributed by atoms with Crippen LogP contribution in [0.2, 0.25) is 0 Å². The van der Waals surface area contributed by atoms with Crippen molar-refractivity contribution in [3.63, 3.8) is 0 Å². The van der Waals surface area contributed by atoms with Gasteiger partial charge in [0.15, 0.2) is 0 Å². The number of carboxylic acid groups (broad SMARTS) is 1. The highest BCUT2D eigenvalue weighted by atomic mass is 16.4. The minimum atomic E-state index is -1.05. The van der Waals surface area contributed by atoms with Crippen LogP contribution in [-0.2, 0) is 0 Å². The maximum absolute atomic E-state index is 11.1. The van der Waals surface area contributed by atoms with E-state index in [1.54, 1.807) is 0 Å². The van der Waals surface area contributed by atoms with Crippen LogP contribution >= 0.6 is 0 Å². The Bertz CT molecular complexity index is 886. The number of hydrogen-bond acceptors (Lipinski definition) is 4. The minimum absolute atomic E-state index is 0.0406. The third-order valence-electron chi connectivity index (χ3n) is 3.51. The van der Waals surface area contributed by atoms with Crippen LogP contribution in [0.3, 0.4) is 0 Å². The van der Waals surface area contributed by atoms with Crippen molar-refractivity contribution in [1.29, 1.82) is 0 Å². The smallest absolute Gasteiger partial charge is 0.344 e. The number of nitrogens with zero attached hydrogens (tertiary/aromatic N) is 2. The normalized spacial score (nSPS) is 12.1. The quantitative estimate of drug-likeness (QED) is 0.838. The SMILES string of the molecule is C=c1/c(=C\C=C/C)c(NCCN(C)C)nc2cc(C(=O)O)c#cc12. The summed E-state index contributed by atoms with van der Waals surface area (Å²) in [5.41, 5.74) is 0.583. The van der Waals surface area contributed by atoms with Gasteiger partial charge in [-0.3, -0.25) is 0 Å². The van der Waals surface area contributed by atoms with E-state index in [-0.39, 0.29) is 5.56 Å². The standard InChI is InChI=1S/C19H21N3O2/c1-5-6-7-16-13(2)15-9-8-14(19(23)24)12-17(15)21-18(16)20-10-11-22(3)4/h5-7,12H,2,10-11H2,1,3-4H3,(H,20,21)(H,23,24)/b6-5-,16-7+. The zero-order valence-electron chi connectivity index (χ0n) is 14.2. The first-order chi connectivity index (χ1) is 11.4. The van der Waals surface area contributed by atoms with E-state index in [1.165, 1.54) is 6.07 Å². The van der Waals surface area contributed by atoms with Crippen LogP contribution in [0.5, 0.6) is 0 Å². The highest BCUT2D eigenvalue weighted by Crippen LogP contribution is 2.08. The summed E-state index contributed by atoms with van der Waals surface area (Å²) in [5.74, 6) is -0.365. The predicted molar refractivity (Wildman–Crippen MR) is 97.5 cm³/mol. The molecule has 2 N–H and O–H groups in total. The van der Waals surface area contributed by atoms with E-state index in [4.69, 9.17) is 5.11 Å². The topological polar surface area (TPSA) is 65.5 Å². The minimum Gasteiger partial charge on any atom is -0.477 e. The molecule has 0 spiro atoms. The van der Waals surface area contributed by atoms with Gasteiger partial charge in [0.05, 0.1) is 10.9 Å². The van der Waals surface area contributed by atoms with E-state index in [0.29, 0.717) is 16.7 Å². The molecule has 24 heavy (non-hydrogen) atoms. The Morgan fingerprint density at radius 3 is 2.83 bits per heavy atom.